The van der Waals surface area contributed by atoms with E-state index in [2.05, 4.69) is 19.2 Å². The van der Waals surface area contributed by atoms with E-state index >= 15 is 0 Å². The quantitative estimate of drug-likeness (QED) is 0.458. The molecule has 0 fully saturated rings. The number of hydrogen-bond donors (Lipinski definition) is 1. The van der Waals surface area contributed by atoms with Crippen LogP contribution in [0.15, 0.2) is 52.7 Å². The maximum absolute atomic E-state index is 12.1. The van der Waals surface area contributed by atoms with Gasteiger partial charge in [0.1, 0.15) is 17.4 Å². The lowest BCUT2D eigenvalue weighted by Gasteiger charge is -2.11. The van der Waals surface area contributed by atoms with Gasteiger partial charge in [-0.05, 0) is 42.2 Å². The molecule has 0 bridgehead atoms. The zero-order valence-corrected chi connectivity index (χ0v) is 15.6. The number of nitrogens with zero attached hydrogens (tertiary/aromatic N) is 1. The summed E-state index contributed by atoms with van der Waals surface area (Å²) in [5.41, 5.74) is 1.71. The van der Waals surface area contributed by atoms with Gasteiger partial charge in [-0.25, -0.2) is 4.79 Å². The second-order valence-electron chi connectivity index (χ2n) is 6.37. The van der Waals surface area contributed by atoms with Crippen LogP contribution in [-0.4, -0.2) is 18.5 Å². The molecule has 0 saturated carbocycles. The Balaban J connectivity index is 1.92. The van der Waals surface area contributed by atoms with Crippen molar-refractivity contribution < 1.29 is 18.7 Å². The average Bonchev–Trinajstić information content (AvgIpc) is 3.19. The number of benzene rings is 1. The first-order valence-corrected chi connectivity index (χ1v) is 8.62. The van der Waals surface area contributed by atoms with Gasteiger partial charge in [-0.15, -0.1) is 0 Å². The van der Waals surface area contributed by atoms with Crippen molar-refractivity contribution in [1.29, 1.82) is 5.26 Å². The summed E-state index contributed by atoms with van der Waals surface area (Å²) in [6.45, 7) is 5.44. The number of esters is 1. The molecule has 1 heterocycles. The van der Waals surface area contributed by atoms with E-state index in [0.29, 0.717) is 17.2 Å². The van der Waals surface area contributed by atoms with Gasteiger partial charge in [0.15, 0.2) is 6.61 Å². The minimum atomic E-state index is -0.841. The van der Waals surface area contributed by atoms with Crippen molar-refractivity contribution in [3.05, 3.63) is 65.1 Å². The van der Waals surface area contributed by atoms with Crippen molar-refractivity contribution in [3.8, 4) is 6.07 Å². The second kappa shape index (κ2) is 9.39. The Bertz CT molecular complexity index is 843. The standard InChI is InChI=1S/C21H22N2O4/c1-14(2)17-8-6-16(7-9-17)11-18(12-22)21(25)27-13-20(24)23-15(3)19-5-4-10-26-19/h4-11,14-15H,13H2,1-3H3,(H,23,24)/b18-11+/t15-/m1/s1. The number of furan rings is 1. The first-order valence-electron chi connectivity index (χ1n) is 8.62. The number of nitrogens with one attached hydrogen (secondary N) is 1. The van der Waals surface area contributed by atoms with Crippen molar-refractivity contribution in [2.45, 2.75) is 32.7 Å². The molecular weight excluding hydrogens is 344 g/mol. The monoisotopic (exact) mass is 366 g/mol. The van der Waals surface area contributed by atoms with Gasteiger partial charge in [-0.3, -0.25) is 4.79 Å². The lowest BCUT2D eigenvalue weighted by molar-refractivity contribution is -0.144. The van der Waals surface area contributed by atoms with Crippen molar-refractivity contribution in [2.24, 2.45) is 0 Å². The molecule has 1 amide bonds. The number of ether oxygens (including phenoxy) is 1. The molecular formula is C21H22N2O4. The Labute approximate surface area is 158 Å². The number of carbonyl (C=O) groups excluding carboxylic acids is 2. The van der Waals surface area contributed by atoms with Gasteiger partial charge in [-0.1, -0.05) is 38.1 Å². The smallest absolute Gasteiger partial charge is 0.349 e. The third kappa shape index (κ3) is 5.86. The molecule has 27 heavy (non-hydrogen) atoms. The topological polar surface area (TPSA) is 92.3 Å². The summed E-state index contributed by atoms with van der Waals surface area (Å²) in [5, 5.41) is 11.9. The number of rotatable bonds is 7. The Hall–Kier alpha value is -3.33. The molecule has 0 spiro atoms. The fourth-order valence-electron chi connectivity index (χ4n) is 2.38. The Morgan fingerprint density at radius 3 is 2.48 bits per heavy atom. The highest BCUT2D eigenvalue weighted by atomic mass is 16.5. The molecule has 0 unspecified atom stereocenters. The minimum Gasteiger partial charge on any atom is -0.467 e. The average molecular weight is 366 g/mol. The molecule has 1 atom stereocenters. The van der Waals surface area contributed by atoms with E-state index in [9.17, 15) is 14.9 Å². The summed E-state index contributed by atoms with van der Waals surface area (Å²) in [7, 11) is 0. The zero-order chi connectivity index (χ0) is 19.8. The molecule has 1 aromatic heterocycles. The van der Waals surface area contributed by atoms with E-state index in [-0.39, 0.29) is 11.6 Å². The number of hydrogen-bond acceptors (Lipinski definition) is 5. The summed E-state index contributed by atoms with van der Waals surface area (Å²) >= 11 is 0. The largest absolute Gasteiger partial charge is 0.467 e. The number of nitriles is 1. The van der Waals surface area contributed by atoms with Gasteiger partial charge in [0, 0.05) is 0 Å². The van der Waals surface area contributed by atoms with Crippen molar-refractivity contribution in [2.75, 3.05) is 6.61 Å². The van der Waals surface area contributed by atoms with Crippen molar-refractivity contribution >= 4 is 18.0 Å². The van der Waals surface area contributed by atoms with Crippen LogP contribution in [0.25, 0.3) is 6.08 Å². The van der Waals surface area contributed by atoms with E-state index in [0.717, 1.165) is 5.56 Å². The summed E-state index contributed by atoms with van der Waals surface area (Å²) in [6.07, 6.45) is 2.95. The van der Waals surface area contributed by atoms with Crippen molar-refractivity contribution in [3.63, 3.8) is 0 Å². The highest BCUT2D eigenvalue weighted by Gasteiger charge is 2.16. The lowest BCUT2D eigenvalue weighted by Crippen LogP contribution is -2.31. The first-order chi connectivity index (χ1) is 12.9. The van der Waals surface area contributed by atoms with E-state index < -0.39 is 18.5 Å². The molecule has 0 radical (unpaired) electrons. The molecule has 0 saturated heterocycles. The molecule has 0 aliphatic carbocycles. The fraction of sp³-hybridized carbons (Fsp3) is 0.286. The Morgan fingerprint density at radius 2 is 1.93 bits per heavy atom. The molecule has 2 rings (SSSR count). The first kappa shape index (κ1) is 20.0. The van der Waals surface area contributed by atoms with Crippen LogP contribution in [0.5, 0.6) is 0 Å². The Kier molecular flexibility index (Phi) is 6.95. The van der Waals surface area contributed by atoms with Crippen LogP contribution in [0.1, 0.15) is 49.6 Å². The summed E-state index contributed by atoms with van der Waals surface area (Å²) < 4.78 is 10.1. The van der Waals surface area contributed by atoms with Gasteiger partial charge in [0.25, 0.3) is 5.91 Å². The van der Waals surface area contributed by atoms with Crippen LogP contribution >= 0.6 is 0 Å². The van der Waals surface area contributed by atoms with E-state index in [4.69, 9.17) is 9.15 Å². The molecule has 0 aliphatic heterocycles. The van der Waals surface area contributed by atoms with Crippen molar-refractivity contribution in [1.82, 2.24) is 5.32 Å². The van der Waals surface area contributed by atoms with Gasteiger partial charge in [0.05, 0.1) is 12.3 Å². The molecule has 2 aromatic rings. The highest BCUT2D eigenvalue weighted by Crippen LogP contribution is 2.16. The minimum absolute atomic E-state index is 0.167. The molecule has 140 valence electrons. The van der Waals surface area contributed by atoms with Gasteiger partial charge in [-0.2, -0.15) is 5.26 Å². The van der Waals surface area contributed by atoms with Gasteiger partial charge < -0.3 is 14.5 Å². The van der Waals surface area contributed by atoms with E-state index in [1.54, 1.807) is 19.1 Å². The third-order valence-electron chi connectivity index (χ3n) is 3.94. The number of carbonyl (C=O) groups is 2. The van der Waals surface area contributed by atoms with Crippen LogP contribution in [0.4, 0.5) is 0 Å². The maximum atomic E-state index is 12.1. The van der Waals surface area contributed by atoms with Gasteiger partial charge in [0.2, 0.25) is 0 Å². The lowest BCUT2D eigenvalue weighted by atomic mass is 10.0. The molecule has 0 aliphatic rings. The summed E-state index contributed by atoms with van der Waals surface area (Å²) in [6, 6.07) is 12.5. The number of amides is 1. The van der Waals surface area contributed by atoms with Crippen LogP contribution in [0, 0.1) is 11.3 Å². The SMILES string of the molecule is CC(C)c1ccc(/C=C(\C#N)C(=O)OCC(=O)N[C@H](C)c2ccco2)cc1. The summed E-state index contributed by atoms with van der Waals surface area (Å²) in [4.78, 5) is 24.0. The highest BCUT2D eigenvalue weighted by molar-refractivity contribution is 5.98. The molecule has 1 N–H and O–H groups in total. The van der Waals surface area contributed by atoms with E-state index in [1.165, 1.54) is 12.3 Å². The predicted molar refractivity (Wildman–Crippen MR) is 100 cm³/mol. The van der Waals surface area contributed by atoms with E-state index in [1.807, 2.05) is 30.3 Å². The normalized spacial score (nSPS) is 12.3. The molecule has 6 nitrogen and oxygen atoms in total. The van der Waals surface area contributed by atoms with Crippen LogP contribution in [0.2, 0.25) is 0 Å². The maximum Gasteiger partial charge on any atom is 0.349 e. The van der Waals surface area contributed by atoms with Gasteiger partial charge >= 0.3 is 5.97 Å². The van der Waals surface area contributed by atoms with Crippen LogP contribution in [-0.2, 0) is 14.3 Å². The molecule has 1 aromatic carbocycles. The van der Waals surface area contributed by atoms with Crippen LogP contribution < -0.4 is 5.32 Å². The third-order valence-corrected chi connectivity index (χ3v) is 3.94. The fourth-order valence-corrected chi connectivity index (χ4v) is 2.38. The predicted octanol–water partition coefficient (Wildman–Crippen LogP) is 3.73. The van der Waals surface area contributed by atoms with Crippen LogP contribution in [0.3, 0.4) is 0 Å². The zero-order valence-electron chi connectivity index (χ0n) is 15.6. The molecule has 6 heteroatoms. The summed E-state index contributed by atoms with van der Waals surface area (Å²) in [5.74, 6) is -0.334. The Morgan fingerprint density at radius 1 is 1.22 bits per heavy atom. The second-order valence-corrected chi connectivity index (χ2v) is 6.37.